The fraction of sp³-hybridized carbons (Fsp3) is 0.929. The van der Waals surface area contributed by atoms with Crippen LogP contribution in [0, 0.1) is 17.8 Å². The maximum atomic E-state index is 11.4. The van der Waals surface area contributed by atoms with Crippen molar-refractivity contribution in [3.63, 3.8) is 0 Å². The Labute approximate surface area is 105 Å². The molecule has 0 spiro atoms. The smallest absolute Gasteiger partial charge is 0.407 e. The lowest BCUT2D eigenvalue weighted by molar-refractivity contribution is 0.0960. The monoisotopic (exact) mass is 241 g/mol. The minimum Gasteiger partial charge on any atom is -0.449 e. The summed E-state index contributed by atoms with van der Waals surface area (Å²) in [5.41, 5.74) is 0. The molecule has 100 valence electrons. The first-order valence-corrected chi connectivity index (χ1v) is 7.02. The SMILES string of the molecule is CCCCNC(=O)OC[C@@H]1C[C@H](C)C[C@H](C)C1. The van der Waals surface area contributed by atoms with Crippen LogP contribution in [0.25, 0.3) is 0 Å². The molecule has 0 bridgehead atoms. The van der Waals surface area contributed by atoms with Crippen LogP contribution < -0.4 is 5.32 Å². The highest BCUT2D eigenvalue weighted by Crippen LogP contribution is 2.32. The van der Waals surface area contributed by atoms with Crippen LogP contribution in [0.1, 0.15) is 52.9 Å². The van der Waals surface area contributed by atoms with E-state index >= 15 is 0 Å². The average molecular weight is 241 g/mol. The van der Waals surface area contributed by atoms with Gasteiger partial charge in [0.2, 0.25) is 0 Å². The van der Waals surface area contributed by atoms with Gasteiger partial charge in [0.25, 0.3) is 0 Å². The van der Waals surface area contributed by atoms with Crippen molar-refractivity contribution in [2.24, 2.45) is 17.8 Å². The van der Waals surface area contributed by atoms with Crippen molar-refractivity contribution in [1.29, 1.82) is 0 Å². The van der Waals surface area contributed by atoms with E-state index < -0.39 is 0 Å². The Kier molecular flexibility index (Phi) is 6.38. The molecule has 1 saturated carbocycles. The second kappa shape index (κ2) is 7.57. The predicted molar refractivity (Wildman–Crippen MR) is 69.9 cm³/mol. The Morgan fingerprint density at radius 2 is 1.88 bits per heavy atom. The quantitative estimate of drug-likeness (QED) is 0.747. The van der Waals surface area contributed by atoms with Crippen LogP contribution in [0.2, 0.25) is 0 Å². The fourth-order valence-corrected chi connectivity index (χ4v) is 2.86. The zero-order valence-electron chi connectivity index (χ0n) is 11.5. The molecule has 3 heteroatoms. The number of carbonyl (C=O) groups excluding carboxylic acids is 1. The van der Waals surface area contributed by atoms with Crippen LogP contribution in [0.4, 0.5) is 4.79 Å². The van der Waals surface area contributed by atoms with Gasteiger partial charge in [-0.3, -0.25) is 0 Å². The summed E-state index contributed by atoms with van der Waals surface area (Å²) in [7, 11) is 0. The number of nitrogens with one attached hydrogen (secondary N) is 1. The third-order valence-electron chi connectivity index (χ3n) is 3.53. The molecular weight excluding hydrogens is 214 g/mol. The van der Waals surface area contributed by atoms with E-state index in [1.807, 2.05) is 0 Å². The van der Waals surface area contributed by atoms with Crippen molar-refractivity contribution in [3.8, 4) is 0 Å². The number of ether oxygens (including phenoxy) is 1. The summed E-state index contributed by atoms with van der Waals surface area (Å²) >= 11 is 0. The number of alkyl carbamates (subject to hydrolysis) is 1. The van der Waals surface area contributed by atoms with E-state index in [4.69, 9.17) is 4.74 Å². The van der Waals surface area contributed by atoms with E-state index in [2.05, 4.69) is 26.1 Å². The standard InChI is InChI=1S/C14H27NO2/c1-4-5-6-15-14(16)17-10-13-8-11(2)7-12(3)9-13/h11-13H,4-10H2,1-3H3,(H,15,16)/t11-,12+,13-. The predicted octanol–water partition coefficient (Wildman–Crippen LogP) is 3.59. The zero-order chi connectivity index (χ0) is 12.7. The largest absolute Gasteiger partial charge is 0.449 e. The number of hydrogen-bond acceptors (Lipinski definition) is 2. The van der Waals surface area contributed by atoms with Gasteiger partial charge in [0, 0.05) is 6.54 Å². The summed E-state index contributed by atoms with van der Waals surface area (Å²) in [6.45, 7) is 8.02. The molecule has 0 aromatic rings. The van der Waals surface area contributed by atoms with E-state index in [9.17, 15) is 4.79 Å². The number of hydrogen-bond donors (Lipinski definition) is 1. The molecule has 0 radical (unpaired) electrons. The zero-order valence-corrected chi connectivity index (χ0v) is 11.5. The third-order valence-corrected chi connectivity index (χ3v) is 3.53. The van der Waals surface area contributed by atoms with Gasteiger partial charge in [0.15, 0.2) is 0 Å². The van der Waals surface area contributed by atoms with Crippen molar-refractivity contribution in [2.45, 2.75) is 52.9 Å². The van der Waals surface area contributed by atoms with Crippen molar-refractivity contribution < 1.29 is 9.53 Å². The molecule has 0 aromatic heterocycles. The molecule has 0 heterocycles. The van der Waals surface area contributed by atoms with Crippen LogP contribution >= 0.6 is 0 Å². The first-order valence-electron chi connectivity index (χ1n) is 7.02. The van der Waals surface area contributed by atoms with Gasteiger partial charge in [-0.2, -0.15) is 0 Å². The van der Waals surface area contributed by atoms with Gasteiger partial charge in [0.1, 0.15) is 0 Å². The van der Waals surface area contributed by atoms with Crippen LogP contribution in [0.15, 0.2) is 0 Å². The second-order valence-corrected chi connectivity index (χ2v) is 5.66. The van der Waals surface area contributed by atoms with E-state index in [-0.39, 0.29) is 6.09 Å². The average Bonchev–Trinajstić information content (AvgIpc) is 2.25. The van der Waals surface area contributed by atoms with Gasteiger partial charge < -0.3 is 10.1 Å². The van der Waals surface area contributed by atoms with Gasteiger partial charge in [0.05, 0.1) is 6.61 Å². The van der Waals surface area contributed by atoms with Crippen molar-refractivity contribution in [1.82, 2.24) is 5.32 Å². The van der Waals surface area contributed by atoms with Gasteiger partial charge in [-0.15, -0.1) is 0 Å². The van der Waals surface area contributed by atoms with Gasteiger partial charge in [-0.1, -0.05) is 27.2 Å². The lowest BCUT2D eigenvalue weighted by Crippen LogP contribution is -2.29. The maximum absolute atomic E-state index is 11.4. The Balaban J connectivity index is 2.14. The minimum absolute atomic E-state index is 0.246. The molecule has 3 nitrogen and oxygen atoms in total. The fourth-order valence-electron chi connectivity index (χ4n) is 2.86. The summed E-state index contributed by atoms with van der Waals surface area (Å²) in [5.74, 6) is 2.11. The van der Waals surface area contributed by atoms with E-state index in [1.54, 1.807) is 0 Å². The number of carbonyl (C=O) groups is 1. The Morgan fingerprint density at radius 3 is 2.47 bits per heavy atom. The lowest BCUT2D eigenvalue weighted by Gasteiger charge is -2.30. The van der Waals surface area contributed by atoms with Gasteiger partial charge in [-0.05, 0) is 43.4 Å². The first-order chi connectivity index (χ1) is 8.11. The van der Waals surface area contributed by atoms with Crippen LogP contribution in [0.5, 0.6) is 0 Å². The van der Waals surface area contributed by atoms with E-state index in [0.29, 0.717) is 12.5 Å². The molecule has 1 amide bonds. The lowest BCUT2D eigenvalue weighted by atomic mass is 9.77. The minimum atomic E-state index is -0.246. The Morgan fingerprint density at radius 1 is 1.24 bits per heavy atom. The second-order valence-electron chi connectivity index (χ2n) is 5.66. The molecule has 0 saturated heterocycles. The molecule has 1 aliphatic rings. The molecule has 3 atom stereocenters. The van der Waals surface area contributed by atoms with E-state index in [0.717, 1.165) is 31.2 Å². The van der Waals surface area contributed by atoms with Crippen LogP contribution in [-0.2, 0) is 4.74 Å². The van der Waals surface area contributed by atoms with Crippen molar-refractivity contribution in [3.05, 3.63) is 0 Å². The summed E-state index contributed by atoms with van der Waals surface area (Å²) < 4.78 is 5.27. The number of amides is 1. The van der Waals surface area contributed by atoms with Crippen LogP contribution in [0.3, 0.4) is 0 Å². The molecule has 1 aliphatic carbocycles. The van der Waals surface area contributed by atoms with Gasteiger partial charge in [-0.25, -0.2) is 4.79 Å². The molecule has 0 aromatic carbocycles. The summed E-state index contributed by atoms with van der Waals surface area (Å²) in [5, 5.41) is 2.78. The third kappa shape index (κ3) is 5.94. The van der Waals surface area contributed by atoms with Crippen molar-refractivity contribution in [2.75, 3.05) is 13.2 Å². The molecule has 0 unspecified atom stereocenters. The normalized spacial score (nSPS) is 28.8. The first kappa shape index (κ1) is 14.3. The maximum Gasteiger partial charge on any atom is 0.407 e. The number of unbranched alkanes of at least 4 members (excludes halogenated alkanes) is 1. The summed E-state index contributed by atoms with van der Waals surface area (Å²) in [6.07, 6.45) is 5.59. The van der Waals surface area contributed by atoms with Crippen LogP contribution in [-0.4, -0.2) is 19.2 Å². The highest BCUT2D eigenvalue weighted by Gasteiger charge is 2.24. The molecule has 1 fully saturated rings. The molecule has 1 rings (SSSR count). The van der Waals surface area contributed by atoms with Gasteiger partial charge >= 0.3 is 6.09 Å². The topological polar surface area (TPSA) is 38.3 Å². The van der Waals surface area contributed by atoms with Crippen molar-refractivity contribution >= 4 is 6.09 Å². The molecule has 0 aliphatic heterocycles. The highest BCUT2D eigenvalue weighted by atomic mass is 16.5. The summed E-state index contributed by atoms with van der Waals surface area (Å²) in [4.78, 5) is 11.4. The number of rotatable bonds is 5. The van der Waals surface area contributed by atoms with E-state index in [1.165, 1.54) is 19.3 Å². The highest BCUT2D eigenvalue weighted by molar-refractivity contribution is 5.66. The molecule has 17 heavy (non-hydrogen) atoms. The Bertz CT molecular complexity index is 220. The molecular formula is C14H27NO2. The summed E-state index contributed by atoms with van der Waals surface area (Å²) in [6, 6.07) is 0. The molecule has 1 N–H and O–H groups in total. The Hall–Kier alpha value is -0.730.